The van der Waals surface area contributed by atoms with Crippen LogP contribution in [-0.4, -0.2) is 13.1 Å². The summed E-state index contributed by atoms with van der Waals surface area (Å²) in [6, 6.07) is 20.6. The highest BCUT2D eigenvalue weighted by Gasteiger charge is 2.17. The van der Waals surface area contributed by atoms with Gasteiger partial charge in [-0.05, 0) is 11.6 Å². The quantitative estimate of drug-likeness (QED) is 0.333. The molecule has 0 radical (unpaired) electrons. The van der Waals surface area contributed by atoms with Gasteiger partial charge in [0.1, 0.15) is 5.58 Å². The third-order valence-electron chi connectivity index (χ3n) is 4.48. The van der Waals surface area contributed by atoms with Gasteiger partial charge in [0.25, 0.3) is 0 Å². The highest BCUT2D eigenvalue weighted by molar-refractivity contribution is 6.15. The first kappa shape index (κ1) is 16.8. The van der Waals surface area contributed by atoms with Crippen molar-refractivity contribution < 1.29 is 13.9 Å². The lowest BCUT2D eigenvalue weighted by Gasteiger charge is -2.13. The molecule has 5 nitrogen and oxygen atoms in total. The lowest BCUT2D eigenvalue weighted by molar-refractivity contribution is 0.0602. The van der Waals surface area contributed by atoms with Crippen molar-refractivity contribution in [1.29, 1.82) is 0 Å². The fraction of sp³-hybridized carbons (Fsp3) is 0.0909. The molecule has 0 unspecified atom stereocenters. The normalized spacial score (nSPS) is 10.9. The second kappa shape index (κ2) is 6.96. The van der Waals surface area contributed by atoms with Crippen LogP contribution in [0.4, 0.5) is 5.69 Å². The van der Waals surface area contributed by atoms with E-state index in [0.29, 0.717) is 17.5 Å². The first-order valence-electron chi connectivity index (χ1n) is 8.53. The third-order valence-corrected chi connectivity index (χ3v) is 4.48. The topological polar surface area (TPSA) is 68.5 Å². The van der Waals surface area contributed by atoms with Crippen LogP contribution in [0.2, 0.25) is 0 Å². The summed E-state index contributed by atoms with van der Waals surface area (Å²) in [4.78, 5) is 24.2. The van der Waals surface area contributed by atoms with Crippen LogP contribution < -0.4 is 10.9 Å². The smallest absolute Gasteiger partial charge is 0.338 e. The Morgan fingerprint density at radius 1 is 0.963 bits per heavy atom. The van der Waals surface area contributed by atoms with Crippen molar-refractivity contribution in [1.82, 2.24) is 0 Å². The van der Waals surface area contributed by atoms with E-state index in [2.05, 4.69) is 5.32 Å². The lowest BCUT2D eigenvalue weighted by atomic mass is 10.0. The van der Waals surface area contributed by atoms with Crippen LogP contribution in [0.15, 0.2) is 75.9 Å². The van der Waals surface area contributed by atoms with Crippen LogP contribution >= 0.6 is 0 Å². The monoisotopic (exact) mass is 359 g/mol. The Morgan fingerprint density at radius 2 is 1.67 bits per heavy atom. The fourth-order valence-corrected chi connectivity index (χ4v) is 3.20. The van der Waals surface area contributed by atoms with Crippen LogP contribution in [0, 0.1) is 0 Å². The zero-order valence-corrected chi connectivity index (χ0v) is 14.7. The molecule has 0 aliphatic rings. The van der Waals surface area contributed by atoms with E-state index in [-0.39, 0.29) is 5.56 Å². The van der Waals surface area contributed by atoms with Gasteiger partial charge in [0.2, 0.25) is 0 Å². The summed E-state index contributed by atoms with van der Waals surface area (Å²) in [5.41, 5.74) is 1.97. The summed E-state index contributed by atoms with van der Waals surface area (Å²) in [6.45, 7) is 0.626. The summed E-state index contributed by atoms with van der Waals surface area (Å²) in [7, 11) is 1.29. The number of nitrogens with one attached hydrogen (secondary N) is 1. The Labute approximate surface area is 155 Å². The molecule has 0 bridgehead atoms. The van der Waals surface area contributed by atoms with Crippen molar-refractivity contribution in [2.45, 2.75) is 6.54 Å². The van der Waals surface area contributed by atoms with Gasteiger partial charge in [-0.25, -0.2) is 9.59 Å². The molecule has 27 heavy (non-hydrogen) atoms. The summed E-state index contributed by atoms with van der Waals surface area (Å²) < 4.78 is 10.3. The van der Waals surface area contributed by atoms with Gasteiger partial charge < -0.3 is 14.5 Å². The molecule has 0 aliphatic carbocycles. The van der Waals surface area contributed by atoms with Gasteiger partial charge in [-0.1, -0.05) is 54.6 Å². The van der Waals surface area contributed by atoms with Gasteiger partial charge in [0.15, 0.2) is 0 Å². The lowest BCUT2D eigenvalue weighted by Crippen LogP contribution is -2.09. The number of ether oxygens (including phenoxy) is 1. The minimum absolute atomic E-state index is 0.192. The maximum absolute atomic E-state index is 12.2. The third kappa shape index (κ3) is 3.15. The predicted molar refractivity (Wildman–Crippen MR) is 105 cm³/mol. The molecule has 1 aromatic heterocycles. The number of esters is 1. The molecule has 0 saturated carbocycles. The van der Waals surface area contributed by atoms with Gasteiger partial charge in [-0.15, -0.1) is 0 Å². The van der Waals surface area contributed by atoms with Crippen LogP contribution in [0.25, 0.3) is 21.7 Å². The maximum atomic E-state index is 12.2. The molecule has 0 atom stereocenters. The summed E-state index contributed by atoms with van der Waals surface area (Å²) >= 11 is 0. The molecule has 0 saturated heterocycles. The number of hydrogen-bond donors (Lipinski definition) is 1. The van der Waals surface area contributed by atoms with E-state index in [1.54, 1.807) is 0 Å². The summed E-state index contributed by atoms with van der Waals surface area (Å²) in [6.07, 6.45) is 0. The molecule has 3 aromatic carbocycles. The molecule has 4 aromatic rings. The van der Waals surface area contributed by atoms with Gasteiger partial charge in [-0.3, -0.25) is 0 Å². The molecular formula is C22H17NO4. The number of methoxy groups -OCH3 is 1. The van der Waals surface area contributed by atoms with Crippen molar-refractivity contribution >= 4 is 33.4 Å². The number of carbonyl (C=O) groups excluding carboxylic acids is 1. The standard InChI is InChI=1S/C22H17NO4/c1-26-22(25)18-12-20(24)27-21-16-10-6-5-9-15(16)19(11-17(18)21)23-13-14-7-3-2-4-8-14/h2-12,23H,13H2,1H3. The zero-order chi connectivity index (χ0) is 18.8. The Morgan fingerprint density at radius 3 is 2.41 bits per heavy atom. The number of carbonyl (C=O) groups is 1. The van der Waals surface area contributed by atoms with Gasteiger partial charge in [-0.2, -0.15) is 0 Å². The Kier molecular flexibility index (Phi) is 4.34. The number of benzene rings is 3. The van der Waals surface area contributed by atoms with Crippen LogP contribution in [0.5, 0.6) is 0 Å². The second-order valence-corrected chi connectivity index (χ2v) is 6.16. The van der Waals surface area contributed by atoms with Crippen LogP contribution in [0.3, 0.4) is 0 Å². The van der Waals surface area contributed by atoms with E-state index >= 15 is 0 Å². The van der Waals surface area contributed by atoms with Crippen molar-refractivity contribution in [2.75, 3.05) is 12.4 Å². The first-order chi connectivity index (χ1) is 13.2. The minimum atomic E-state index is -0.585. The SMILES string of the molecule is COC(=O)c1cc(=O)oc2c1cc(NCc1ccccc1)c1ccccc12. The zero-order valence-electron chi connectivity index (χ0n) is 14.7. The highest BCUT2D eigenvalue weighted by atomic mass is 16.5. The molecule has 1 heterocycles. The second-order valence-electron chi connectivity index (χ2n) is 6.16. The largest absolute Gasteiger partial charge is 0.465 e. The average Bonchev–Trinajstić information content (AvgIpc) is 2.72. The fourth-order valence-electron chi connectivity index (χ4n) is 3.20. The summed E-state index contributed by atoms with van der Waals surface area (Å²) in [5.74, 6) is -0.572. The predicted octanol–water partition coefficient (Wildman–Crippen LogP) is 4.34. The molecule has 0 spiro atoms. The Bertz CT molecular complexity index is 1200. The van der Waals surface area contributed by atoms with Crippen molar-refractivity contribution in [3.05, 3.63) is 88.3 Å². The number of fused-ring (bicyclic) bond motifs is 3. The number of hydrogen-bond acceptors (Lipinski definition) is 5. The summed E-state index contributed by atoms with van der Waals surface area (Å²) in [5, 5.41) is 5.63. The molecule has 4 rings (SSSR count). The minimum Gasteiger partial charge on any atom is -0.465 e. The van der Waals surface area contributed by atoms with E-state index in [4.69, 9.17) is 9.15 Å². The van der Waals surface area contributed by atoms with Crippen molar-refractivity contribution in [3.63, 3.8) is 0 Å². The Balaban J connectivity index is 1.93. The van der Waals surface area contributed by atoms with Crippen molar-refractivity contribution in [2.24, 2.45) is 0 Å². The maximum Gasteiger partial charge on any atom is 0.338 e. The number of anilines is 1. The van der Waals surface area contributed by atoms with Gasteiger partial charge in [0, 0.05) is 34.5 Å². The Hall–Kier alpha value is -3.60. The van der Waals surface area contributed by atoms with E-state index in [1.807, 2.05) is 60.7 Å². The van der Waals surface area contributed by atoms with Gasteiger partial charge in [0.05, 0.1) is 12.7 Å². The molecular weight excluding hydrogens is 342 g/mol. The molecule has 0 aliphatic heterocycles. The molecule has 0 amide bonds. The van der Waals surface area contributed by atoms with E-state index in [0.717, 1.165) is 22.0 Å². The van der Waals surface area contributed by atoms with Crippen LogP contribution in [-0.2, 0) is 11.3 Å². The molecule has 0 fully saturated rings. The van der Waals surface area contributed by atoms with E-state index < -0.39 is 11.6 Å². The molecule has 134 valence electrons. The van der Waals surface area contributed by atoms with E-state index in [9.17, 15) is 9.59 Å². The average molecular weight is 359 g/mol. The first-order valence-corrected chi connectivity index (χ1v) is 8.53. The van der Waals surface area contributed by atoms with E-state index in [1.165, 1.54) is 13.2 Å². The highest BCUT2D eigenvalue weighted by Crippen LogP contribution is 2.33. The molecule has 5 heteroatoms. The van der Waals surface area contributed by atoms with Crippen LogP contribution in [0.1, 0.15) is 15.9 Å². The van der Waals surface area contributed by atoms with Crippen molar-refractivity contribution in [3.8, 4) is 0 Å². The van der Waals surface area contributed by atoms with Gasteiger partial charge >= 0.3 is 11.6 Å². The molecule has 1 N–H and O–H groups in total. The number of rotatable bonds is 4.